The standard InChI is InChI=1S/C14H21Cl2NO2/c1-18-9-10-19-8-3-2-7-17-11-12-13(15)5-4-6-14(12)16/h4-6,17H,2-3,7-11H2,1H3. The Bertz CT molecular complexity index is 341. The third-order valence-electron chi connectivity index (χ3n) is 2.69. The van der Waals surface area contributed by atoms with Crippen LogP contribution in [0.25, 0.3) is 0 Å². The molecule has 0 bridgehead atoms. The summed E-state index contributed by atoms with van der Waals surface area (Å²) in [5.74, 6) is 0. The topological polar surface area (TPSA) is 30.5 Å². The van der Waals surface area contributed by atoms with Crippen molar-refractivity contribution in [1.82, 2.24) is 5.32 Å². The van der Waals surface area contributed by atoms with Gasteiger partial charge in [0.2, 0.25) is 0 Å². The number of benzene rings is 1. The SMILES string of the molecule is COCCOCCCCNCc1c(Cl)cccc1Cl. The van der Waals surface area contributed by atoms with Gasteiger partial charge in [-0.15, -0.1) is 0 Å². The fourth-order valence-electron chi connectivity index (χ4n) is 1.61. The van der Waals surface area contributed by atoms with Crippen LogP contribution in [0.5, 0.6) is 0 Å². The lowest BCUT2D eigenvalue weighted by Gasteiger charge is -2.08. The van der Waals surface area contributed by atoms with Crippen LogP contribution in [0, 0.1) is 0 Å². The normalized spacial score (nSPS) is 10.9. The summed E-state index contributed by atoms with van der Waals surface area (Å²) in [4.78, 5) is 0. The molecular formula is C14H21Cl2NO2. The molecule has 0 spiro atoms. The van der Waals surface area contributed by atoms with Gasteiger partial charge in [0.1, 0.15) is 0 Å². The van der Waals surface area contributed by atoms with E-state index in [1.54, 1.807) is 7.11 Å². The molecule has 0 aliphatic rings. The lowest BCUT2D eigenvalue weighted by Crippen LogP contribution is -2.16. The van der Waals surface area contributed by atoms with Crippen LogP contribution >= 0.6 is 23.2 Å². The minimum atomic E-state index is 0.656. The molecule has 19 heavy (non-hydrogen) atoms. The first-order chi connectivity index (χ1) is 9.25. The molecule has 0 unspecified atom stereocenters. The summed E-state index contributed by atoms with van der Waals surface area (Å²) in [6, 6.07) is 5.56. The van der Waals surface area contributed by atoms with Crippen molar-refractivity contribution in [1.29, 1.82) is 0 Å². The minimum Gasteiger partial charge on any atom is -0.382 e. The zero-order chi connectivity index (χ0) is 13.9. The van der Waals surface area contributed by atoms with Crippen LogP contribution in [0.15, 0.2) is 18.2 Å². The summed E-state index contributed by atoms with van der Waals surface area (Å²) >= 11 is 12.2. The molecule has 0 amide bonds. The maximum absolute atomic E-state index is 6.08. The molecular weight excluding hydrogens is 285 g/mol. The molecule has 0 aliphatic heterocycles. The first kappa shape index (κ1) is 16.7. The van der Waals surface area contributed by atoms with E-state index in [0.717, 1.165) is 31.6 Å². The molecule has 0 aliphatic carbocycles. The summed E-state index contributed by atoms with van der Waals surface area (Å²) in [7, 11) is 1.67. The monoisotopic (exact) mass is 305 g/mol. The highest BCUT2D eigenvalue weighted by atomic mass is 35.5. The molecule has 1 rings (SSSR count). The van der Waals surface area contributed by atoms with Crippen molar-refractivity contribution in [3.63, 3.8) is 0 Å². The number of hydrogen-bond acceptors (Lipinski definition) is 3. The molecule has 3 nitrogen and oxygen atoms in total. The quantitative estimate of drug-likeness (QED) is 0.671. The van der Waals surface area contributed by atoms with Crippen molar-refractivity contribution in [2.45, 2.75) is 19.4 Å². The van der Waals surface area contributed by atoms with Crippen LogP contribution in [-0.2, 0) is 16.0 Å². The van der Waals surface area contributed by atoms with E-state index in [2.05, 4.69) is 5.32 Å². The van der Waals surface area contributed by atoms with E-state index in [9.17, 15) is 0 Å². The number of unbranched alkanes of at least 4 members (excludes halogenated alkanes) is 1. The minimum absolute atomic E-state index is 0.656. The highest BCUT2D eigenvalue weighted by molar-refractivity contribution is 6.35. The van der Waals surface area contributed by atoms with Gasteiger partial charge in [0, 0.05) is 35.9 Å². The van der Waals surface area contributed by atoms with E-state index in [4.69, 9.17) is 32.7 Å². The Morgan fingerprint density at radius 1 is 1.05 bits per heavy atom. The van der Waals surface area contributed by atoms with Gasteiger partial charge < -0.3 is 14.8 Å². The summed E-state index contributed by atoms with van der Waals surface area (Å²) < 4.78 is 10.3. The average molecular weight is 306 g/mol. The number of hydrogen-bond donors (Lipinski definition) is 1. The Hall–Kier alpha value is -0.320. The van der Waals surface area contributed by atoms with Crippen LogP contribution in [-0.4, -0.2) is 33.5 Å². The van der Waals surface area contributed by atoms with Gasteiger partial charge in [0.15, 0.2) is 0 Å². The van der Waals surface area contributed by atoms with Crippen LogP contribution in [0.3, 0.4) is 0 Å². The van der Waals surface area contributed by atoms with E-state index in [0.29, 0.717) is 29.8 Å². The lowest BCUT2D eigenvalue weighted by atomic mass is 10.2. The smallest absolute Gasteiger partial charge is 0.0700 e. The second-order valence-electron chi connectivity index (χ2n) is 4.19. The van der Waals surface area contributed by atoms with E-state index in [1.165, 1.54) is 0 Å². The number of methoxy groups -OCH3 is 1. The Labute approximate surface area is 125 Å². The molecule has 0 fully saturated rings. The maximum Gasteiger partial charge on any atom is 0.0700 e. The summed E-state index contributed by atoms with van der Waals surface area (Å²) in [5.41, 5.74) is 0.960. The van der Waals surface area contributed by atoms with Crippen molar-refractivity contribution in [2.24, 2.45) is 0 Å². The van der Waals surface area contributed by atoms with Gasteiger partial charge in [-0.3, -0.25) is 0 Å². The molecule has 0 saturated carbocycles. The second kappa shape index (κ2) is 10.5. The van der Waals surface area contributed by atoms with E-state index in [-0.39, 0.29) is 0 Å². The molecule has 108 valence electrons. The van der Waals surface area contributed by atoms with Gasteiger partial charge >= 0.3 is 0 Å². The van der Waals surface area contributed by atoms with E-state index < -0.39 is 0 Å². The van der Waals surface area contributed by atoms with Crippen molar-refractivity contribution in [3.8, 4) is 0 Å². The van der Waals surface area contributed by atoms with Crippen LogP contribution in [0.2, 0.25) is 10.0 Å². The fraction of sp³-hybridized carbons (Fsp3) is 0.571. The van der Waals surface area contributed by atoms with Gasteiger partial charge in [0.05, 0.1) is 13.2 Å². The molecule has 0 atom stereocenters. The van der Waals surface area contributed by atoms with Crippen molar-refractivity contribution in [3.05, 3.63) is 33.8 Å². The fourth-order valence-corrected chi connectivity index (χ4v) is 2.14. The van der Waals surface area contributed by atoms with Gasteiger partial charge in [-0.25, -0.2) is 0 Å². The lowest BCUT2D eigenvalue weighted by molar-refractivity contribution is 0.0688. The molecule has 0 heterocycles. The predicted octanol–water partition coefficient (Wildman–Crippen LogP) is 3.53. The number of ether oxygens (including phenoxy) is 2. The third-order valence-corrected chi connectivity index (χ3v) is 3.40. The molecule has 0 saturated heterocycles. The molecule has 1 aromatic carbocycles. The zero-order valence-corrected chi connectivity index (χ0v) is 12.8. The van der Waals surface area contributed by atoms with Gasteiger partial charge in [-0.1, -0.05) is 29.3 Å². The number of halogens is 2. The summed E-state index contributed by atoms with van der Waals surface area (Å²) in [6.07, 6.45) is 2.10. The van der Waals surface area contributed by atoms with Gasteiger partial charge in [0.25, 0.3) is 0 Å². The van der Waals surface area contributed by atoms with Crippen LogP contribution in [0.1, 0.15) is 18.4 Å². The highest BCUT2D eigenvalue weighted by Crippen LogP contribution is 2.23. The summed E-state index contributed by atoms with van der Waals surface area (Å²) in [6.45, 7) is 3.72. The Morgan fingerprint density at radius 3 is 2.47 bits per heavy atom. The zero-order valence-electron chi connectivity index (χ0n) is 11.3. The average Bonchev–Trinajstić information content (AvgIpc) is 2.40. The van der Waals surface area contributed by atoms with Crippen LogP contribution < -0.4 is 5.32 Å². The maximum atomic E-state index is 6.08. The number of rotatable bonds is 10. The molecule has 0 aromatic heterocycles. The van der Waals surface area contributed by atoms with E-state index >= 15 is 0 Å². The molecule has 1 N–H and O–H groups in total. The third kappa shape index (κ3) is 7.14. The molecule has 0 radical (unpaired) electrons. The van der Waals surface area contributed by atoms with Crippen molar-refractivity contribution in [2.75, 3.05) is 33.5 Å². The van der Waals surface area contributed by atoms with Gasteiger partial charge in [-0.2, -0.15) is 0 Å². The van der Waals surface area contributed by atoms with Crippen LogP contribution in [0.4, 0.5) is 0 Å². The van der Waals surface area contributed by atoms with Crippen molar-refractivity contribution < 1.29 is 9.47 Å². The summed E-state index contributed by atoms with van der Waals surface area (Å²) in [5, 5.41) is 4.76. The molecule has 1 aromatic rings. The highest BCUT2D eigenvalue weighted by Gasteiger charge is 2.03. The first-order valence-electron chi connectivity index (χ1n) is 6.46. The molecule has 5 heteroatoms. The Balaban J connectivity index is 2.05. The van der Waals surface area contributed by atoms with E-state index in [1.807, 2.05) is 18.2 Å². The number of nitrogens with one attached hydrogen (secondary N) is 1. The first-order valence-corrected chi connectivity index (χ1v) is 7.21. The van der Waals surface area contributed by atoms with Gasteiger partial charge in [-0.05, 0) is 31.5 Å². The predicted molar refractivity (Wildman–Crippen MR) is 80.1 cm³/mol. The second-order valence-corrected chi connectivity index (χ2v) is 5.00. The largest absolute Gasteiger partial charge is 0.382 e. The Morgan fingerprint density at radius 2 is 1.79 bits per heavy atom. The Kier molecular flexibility index (Phi) is 9.22. The van der Waals surface area contributed by atoms with Crippen molar-refractivity contribution >= 4 is 23.2 Å².